The van der Waals surface area contributed by atoms with Crippen molar-refractivity contribution in [2.24, 2.45) is 5.92 Å². The third-order valence-electron chi connectivity index (χ3n) is 6.70. The number of carbonyl (C=O) groups excluding carboxylic acids is 1. The molecule has 2 heterocycles. The Labute approximate surface area is 217 Å². The zero-order valence-corrected chi connectivity index (χ0v) is 23.8. The lowest BCUT2D eigenvalue weighted by Crippen LogP contribution is -2.47. The maximum Gasteiger partial charge on any atom is 0.254 e. The molecule has 1 unspecified atom stereocenters. The second-order valence-corrected chi connectivity index (χ2v) is 13.6. The Kier molecular flexibility index (Phi) is 8.96. The monoisotopic (exact) mass is 528 g/mol. The third kappa shape index (κ3) is 6.77. The van der Waals surface area contributed by atoms with Gasteiger partial charge in [0.2, 0.25) is 0 Å². The van der Waals surface area contributed by atoms with Crippen molar-refractivity contribution in [2.75, 3.05) is 26.8 Å². The van der Waals surface area contributed by atoms with Crippen molar-refractivity contribution in [1.29, 1.82) is 0 Å². The van der Waals surface area contributed by atoms with Gasteiger partial charge in [0.05, 0.1) is 35.5 Å². The first-order valence-corrected chi connectivity index (χ1v) is 13.9. The fourth-order valence-corrected chi connectivity index (χ4v) is 5.91. The molecule has 2 aliphatic heterocycles. The molecule has 0 aromatic heterocycles. The summed E-state index contributed by atoms with van der Waals surface area (Å²) in [5.74, 6) is 0.374. The van der Waals surface area contributed by atoms with Gasteiger partial charge in [-0.1, -0.05) is 25.4 Å². The number of likely N-dealkylation sites (tertiary alicyclic amines) is 1. The van der Waals surface area contributed by atoms with Gasteiger partial charge < -0.3 is 19.1 Å². The summed E-state index contributed by atoms with van der Waals surface area (Å²) in [6, 6.07) is 3.72. The zero-order chi connectivity index (χ0) is 26.1. The number of rotatable bonds is 7. The predicted octanol–water partition coefficient (Wildman–Crippen LogP) is 4.96. The normalized spacial score (nSPS) is 22.9. The van der Waals surface area contributed by atoms with Gasteiger partial charge in [0.15, 0.2) is 11.9 Å². The number of halogens is 1. The third-order valence-corrected chi connectivity index (χ3v) is 8.61. The molecule has 2 saturated heterocycles. The van der Waals surface area contributed by atoms with Crippen LogP contribution in [0.15, 0.2) is 12.1 Å². The molecular weight excluding hydrogens is 488 g/mol. The van der Waals surface area contributed by atoms with Crippen LogP contribution in [0.5, 0.6) is 5.75 Å². The van der Waals surface area contributed by atoms with Crippen molar-refractivity contribution in [3.63, 3.8) is 0 Å². The molecule has 1 aromatic carbocycles. The Balaban J connectivity index is 1.83. The fourth-order valence-electron chi connectivity index (χ4n) is 4.62. The van der Waals surface area contributed by atoms with Crippen LogP contribution in [-0.4, -0.2) is 58.5 Å². The van der Waals surface area contributed by atoms with E-state index in [1.807, 2.05) is 51.7 Å². The van der Waals surface area contributed by atoms with Crippen LogP contribution in [0.25, 0.3) is 0 Å². The molecule has 1 N–H and O–H groups in total. The molecule has 0 radical (unpaired) electrons. The van der Waals surface area contributed by atoms with E-state index in [4.69, 9.17) is 25.8 Å². The maximum absolute atomic E-state index is 13.2. The van der Waals surface area contributed by atoms with Gasteiger partial charge in [-0.3, -0.25) is 4.79 Å². The summed E-state index contributed by atoms with van der Waals surface area (Å²) in [4.78, 5) is 14.9. The molecule has 1 amide bonds. The number of ether oxygens (including phenoxy) is 3. The molecular formula is C26H41ClN2O5S. The van der Waals surface area contributed by atoms with Crippen LogP contribution in [0.3, 0.4) is 0 Å². The zero-order valence-electron chi connectivity index (χ0n) is 22.3. The summed E-state index contributed by atoms with van der Waals surface area (Å²) in [7, 11) is 0.359. The highest BCUT2D eigenvalue weighted by molar-refractivity contribution is 7.84. The van der Waals surface area contributed by atoms with E-state index in [0.29, 0.717) is 18.1 Å². The minimum atomic E-state index is -1.29. The Morgan fingerprint density at radius 1 is 1.23 bits per heavy atom. The Hall–Kier alpha value is -1.19. The summed E-state index contributed by atoms with van der Waals surface area (Å²) in [6.07, 6.45) is 0.953. The van der Waals surface area contributed by atoms with Gasteiger partial charge in [-0.25, -0.2) is 8.93 Å². The van der Waals surface area contributed by atoms with Crippen molar-refractivity contribution in [3.8, 4) is 5.75 Å². The summed E-state index contributed by atoms with van der Waals surface area (Å²) in [5, 5.41) is 0.678. The quantitative estimate of drug-likeness (QED) is 0.541. The molecule has 1 aromatic rings. The lowest BCUT2D eigenvalue weighted by molar-refractivity contribution is -0.161. The maximum atomic E-state index is 13.2. The number of hydrogen-bond donors (Lipinski definition) is 1. The average molecular weight is 529 g/mol. The number of hydrogen-bond acceptors (Lipinski definition) is 5. The van der Waals surface area contributed by atoms with Crippen LogP contribution in [-0.2, 0) is 25.3 Å². The van der Waals surface area contributed by atoms with Crippen LogP contribution in [0.4, 0.5) is 0 Å². The number of piperidine rings is 1. The molecule has 3 rings (SSSR count). The second kappa shape index (κ2) is 11.1. The Bertz CT molecular complexity index is 938. The standard InChI is InChI=1S/C26H41ClN2O5S/c1-16(2)18-14-21(32-8)19(13-20(18)27)23(28-35(31)25(3,4)5)17-9-11-29(12-10-17)24(30)22-15-33-26(6,7)34-22/h13-14,16-17,22-23,28H,9-12,15H2,1-8H3/t22-,23-,35?/m1/s1. The number of nitrogens with zero attached hydrogens (tertiary/aromatic N) is 1. The molecule has 3 atom stereocenters. The van der Waals surface area contributed by atoms with E-state index in [2.05, 4.69) is 18.6 Å². The van der Waals surface area contributed by atoms with Crippen molar-refractivity contribution in [2.45, 2.75) is 89.9 Å². The molecule has 7 nitrogen and oxygen atoms in total. The minimum absolute atomic E-state index is 0.0290. The van der Waals surface area contributed by atoms with E-state index in [1.165, 1.54) is 0 Å². The van der Waals surface area contributed by atoms with Gasteiger partial charge in [0, 0.05) is 23.7 Å². The summed E-state index contributed by atoms with van der Waals surface area (Å²) >= 11 is 6.69. The van der Waals surface area contributed by atoms with E-state index >= 15 is 0 Å². The lowest BCUT2D eigenvalue weighted by atomic mass is 9.84. The van der Waals surface area contributed by atoms with Gasteiger partial charge in [-0.15, -0.1) is 0 Å². The SMILES string of the molecule is COc1cc(C(C)C)c(Cl)cc1[C@H](NS(=O)C(C)(C)C)C1CCN(C(=O)[C@H]2COC(C)(C)O2)CC1. The molecule has 198 valence electrons. The molecule has 0 spiro atoms. The van der Waals surface area contributed by atoms with Crippen LogP contribution < -0.4 is 9.46 Å². The van der Waals surface area contributed by atoms with Crippen molar-refractivity contribution >= 4 is 28.5 Å². The highest BCUT2D eigenvalue weighted by atomic mass is 35.5. The molecule has 2 fully saturated rings. The van der Waals surface area contributed by atoms with Gasteiger partial charge in [-0.2, -0.15) is 0 Å². The lowest BCUT2D eigenvalue weighted by Gasteiger charge is -2.38. The number of carbonyl (C=O) groups is 1. The first-order chi connectivity index (χ1) is 16.2. The van der Waals surface area contributed by atoms with Crippen molar-refractivity contribution in [1.82, 2.24) is 9.62 Å². The van der Waals surface area contributed by atoms with Gasteiger partial charge in [-0.05, 0) is 77.0 Å². The molecule has 9 heteroatoms. The van der Waals surface area contributed by atoms with E-state index in [9.17, 15) is 9.00 Å². The smallest absolute Gasteiger partial charge is 0.254 e. The summed E-state index contributed by atoms with van der Waals surface area (Å²) in [6.45, 7) is 15.2. The van der Waals surface area contributed by atoms with Gasteiger partial charge in [0.25, 0.3) is 5.91 Å². The van der Waals surface area contributed by atoms with Crippen molar-refractivity contribution in [3.05, 3.63) is 28.3 Å². The van der Waals surface area contributed by atoms with E-state index in [-0.39, 0.29) is 30.4 Å². The first-order valence-electron chi connectivity index (χ1n) is 12.4. The number of amides is 1. The van der Waals surface area contributed by atoms with E-state index in [1.54, 1.807) is 7.11 Å². The Morgan fingerprint density at radius 3 is 2.34 bits per heavy atom. The number of methoxy groups -OCH3 is 1. The predicted molar refractivity (Wildman–Crippen MR) is 140 cm³/mol. The van der Waals surface area contributed by atoms with E-state index in [0.717, 1.165) is 29.7 Å². The molecule has 0 saturated carbocycles. The van der Waals surface area contributed by atoms with Crippen LogP contribution >= 0.6 is 11.6 Å². The Morgan fingerprint density at radius 2 is 1.86 bits per heavy atom. The van der Waals surface area contributed by atoms with Crippen LogP contribution in [0.1, 0.15) is 84.4 Å². The van der Waals surface area contributed by atoms with Gasteiger partial charge >= 0.3 is 0 Å². The number of nitrogens with one attached hydrogen (secondary N) is 1. The fraction of sp³-hybridized carbons (Fsp3) is 0.731. The van der Waals surface area contributed by atoms with Crippen molar-refractivity contribution < 1.29 is 23.2 Å². The average Bonchev–Trinajstić information content (AvgIpc) is 3.15. The molecule has 2 aliphatic rings. The first kappa shape index (κ1) is 28.4. The van der Waals surface area contributed by atoms with Gasteiger partial charge in [0.1, 0.15) is 5.75 Å². The summed E-state index contributed by atoms with van der Waals surface area (Å²) < 4.78 is 33.3. The second-order valence-electron chi connectivity index (χ2n) is 11.2. The largest absolute Gasteiger partial charge is 0.496 e. The molecule has 0 bridgehead atoms. The minimum Gasteiger partial charge on any atom is -0.496 e. The number of benzene rings is 1. The van der Waals surface area contributed by atoms with Crippen LogP contribution in [0, 0.1) is 5.92 Å². The summed E-state index contributed by atoms with van der Waals surface area (Å²) in [5.41, 5.74) is 1.92. The molecule has 0 aliphatic carbocycles. The highest BCUT2D eigenvalue weighted by Crippen LogP contribution is 2.40. The van der Waals surface area contributed by atoms with E-state index < -0.39 is 27.6 Å². The highest BCUT2D eigenvalue weighted by Gasteiger charge is 2.41. The van der Waals surface area contributed by atoms with Crippen LogP contribution in [0.2, 0.25) is 5.02 Å². The molecule has 35 heavy (non-hydrogen) atoms. The topological polar surface area (TPSA) is 77.1 Å².